The van der Waals surface area contributed by atoms with Crippen molar-refractivity contribution in [3.63, 3.8) is 0 Å². The lowest BCUT2D eigenvalue weighted by atomic mass is 10.3. The third-order valence-corrected chi connectivity index (χ3v) is 1.99. The molecule has 0 saturated heterocycles. The van der Waals surface area contributed by atoms with Crippen molar-refractivity contribution in [2.45, 2.75) is 21.2 Å². The minimum absolute atomic E-state index is 0.207. The van der Waals surface area contributed by atoms with Gasteiger partial charge in [-0.1, -0.05) is 34.8 Å². The predicted molar refractivity (Wildman–Crippen MR) is 53.3 cm³/mol. The van der Waals surface area contributed by atoms with Crippen LogP contribution in [0, 0.1) is 0 Å². The van der Waals surface area contributed by atoms with Gasteiger partial charge in [0.2, 0.25) is 0 Å². The van der Waals surface area contributed by atoms with E-state index in [1.807, 2.05) is 0 Å². The molecule has 0 amide bonds. The smallest absolute Gasteiger partial charge is 0.450 e. The molecule has 0 radical (unpaired) electrons. The number of carboxylic acid groups (broad SMARTS) is 1. The Morgan fingerprint density at radius 2 is 1.85 bits per heavy atom. The molecule has 1 atom stereocenters. The van der Waals surface area contributed by atoms with Crippen LogP contribution >= 0.6 is 58.0 Å². The van der Waals surface area contributed by atoms with Crippen LogP contribution in [0.3, 0.4) is 0 Å². The molecule has 0 heterocycles. The molecule has 0 aromatic heterocycles. The van der Waals surface area contributed by atoms with E-state index >= 15 is 0 Å². The van der Waals surface area contributed by atoms with Gasteiger partial charge < -0.3 is 9.84 Å². The lowest BCUT2D eigenvalue weighted by Gasteiger charge is -2.20. The summed E-state index contributed by atoms with van der Waals surface area (Å²) in [6, 6.07) is 0. The summed E-state index contributed by atoms with van der Waals surface area (Å²) < 4.78 is 2.64. The first-order valence-corrected chi connectivity index (χ1v) is 4.97. The first-order valence-electron chi connectivity index (χ1n) is 2.97. The van der Waals surface area contributed by atoms with Crippen molar-refractivity contribution in [2.24, 2.45) is 0 Å². The topological polar surface area (TPSA) is 46.5 Å². The molecule has 0 fully saturated rings. The van der Waals surface area contributed by atoms with E-state index in [1.165, 1.54) is 0 Å². The molecule has 0 spiro atoms. The molecule has 78 valence electrons. The van der Waals surface area contributed by atoms with E-state index in [-0.39, 0.29) is 6.42 Å². The molecular weight excluding hydrogens is 285 g/mol. The molecule has 0 aliphatic rings. The summed E-state index contributed by atoms with van der Waals surface area (Å²) in [5.41, 5.74) is 0. The largest absolute Gasteiger partial charge is 0.506 e. The summed E-state index contributed by atoms with van der Waals surface area (Å²) >= 11 is 27.0. The Labute approximate surface area is 99.8 Å². The fourth-order valence-corrected chi connectivity index (χ4v) is 1.28. The maximum absolute atomic E-state index is 10.1. The van der Waals surface area contributed by atoms with Crippen molar-refractivity contribution >= 4 is 64.2 Å². The second kappa shape index (κ2) is 5.56. The summed E-state index contributed by atoms with van der Waals surface area (Å²) in [5, 5.41) is 8.26. The SMILES string of the molecule is O=C(O)OC(CC(Cl)(Cl)Cl)C(Cl)Cl. The van der Waals surface area contributed by atoms with Gasteiger partial charge in [0, 0.05) is 6.42 Å². The van der Waals surface area contributed by atoms with Crippen molar-refractivity contribution in [1.29, 1.82) is 0 Å². The number of carbonyl (C=O) groups is 1. The quantitative estimate of drug-likeness (QED) is 0.638. The first kappa shape index (κ1) is 13.7. The van der Waals surface area contributed by atoms with E-state index in [9.17, 15) is 4.79 Å². The Hall–Kier alpha value is 0.720. The number of rotatable bonds is 3. The molecule has 0 aliphatic heterocycles. The van der Waals surface area contributed by atoms with Gasteiger partial charge in [-0.2, -0.15) is 0 Å². The van der Waals surface area contributed by atoms with E-state index in [0.29, 0.717) is 0 Å². The standard InChI is InChI=1S/C5H5Cl5O3/c6-3(7)2(13-4(11)12)1-5(8,9)10/h2-3H,1H2,(H,11,12). The van der Waals surface area contributed by atoms with Crippen molar-refractivity contribution in [1.82, 2.24) is 0 Å². The van der Waals surface area contributed by atoms with E-state index in [0.717, 1.165) is 0 Å². The molecule has 13 heavy (non-hydrogen) atoms. The second-order valence-corrected chi connectivity index (χ2v) is 5.76. The van der Waals surface area contributed by atoms with Crippen LogP contribution in [-0.4, -0.2) is 26.0 Å². The second-order valence-electron chi connectivity index (χ2n) is 2.08. The molecule has 0 aliphatic carbocycles. The third kappa shape index (κ3) is 7.77. The van der Waals surface area contributed by atoms with E-state index in [1.54, 1.807) is 0 Å². The Morgan fingerprint density at radius 1 is 1.38 bits per heavy atom. The zero-order chi connectivity index (χ0) is 10.6. The zero-order valence-corrected chi connectivity index (χ0v) is 9.79. The van der Waals surface area contributed by atoms with Gasteiger partial charge in [-0.05, 0) is 0 Å². The van der Waals surface area contributed by atoms with Gasteiger partial charge in [0.1, 0.15) is 10.9 Å². The van der Waals surface area contributed by atoms with Crippen molar-refractivity contribution < 1.29 is 14.6 Å². The Morgan fingerprint density at radius 3 is 2.08 bits per heavy atom. The highest BCUT2D eigenvalue weighted by Crippen LogP contribution is 2.34. The highest BCUT2D eigenvalue weighted by molar-refractivity contribution is 6.67. The molecule has 0 aromatic carbocycles. The highest BCUT2D eigenvalue weighted by Gasteiger charge is 2.31. The summed E-state index contributed by atoms with van der Waals surface area (Å²) in [6.07, 6.45) is -2.79. The number of alkyl halides is 5. The minimum Gasteiger partial charge on any atom is -0.450 e. The van der Waals surface area contributed by atoms with Crippen LogP contribution in [0.15, 0.2) is 0 Å². The van der Waals surface area contributed by atoms with Crippen LogP contribution < -0.4 is 0 Å². The van der Waals surface area contributed by atoms with Gasteiger partial charge >= 0.3 is 6.16 Å². The van der Waals surface area contributed by atoms with Crippen LogP contribution in [0.1, 0.15) is 6.42 Å². The number of hydrogen-bond donors (Lipinski definition) is 1. The van der Waals surface area contributed by atoms with E-state index in [4.69, 9.17) is 63.1 Å². The molecular formula is C5H5Cl5O3. The van der Waals surface area contributed by atoms with Crippen LogP contribution in [-0.2, 0) is 4.74 Å². The van der Waals surface area contributed by atoms with E-state index < -0.39 is 20.9 Å². The van der Waals surface area contributed by atoms with Crippen molar-refractivity contribution in [3.8, 4) is 0 Å². The Balaban J connectivity index is 4.19. The van der Waals surface area contributed by atoms with Gasteiger partial charge in [-0.3, -0.25) is 0 Å². The first-order chi connectivity index (χ1) is 5.72. The summed E-state index contributed by atoms with van der Waals surface area (Å²) in [5.74, 6) is 0. The van der Waals surface area contributed by atoms with Gasteiger partial charge in [-0.15, -0.1) is 23.2 Å². The monoisotopic (exact) mass is 288 g/mol. The number of hydrogen-bond acceptors (Lipinski definition) is 2. The molecule has 0 saturated carbocycles. The molecule has 8 heteroatoms. The lowest BCUT2D eigenvalue weighted by molar-refractivity contribution is 0.0540. The maximum Gasteiger partial charge on any atom is 0.506 e. The molecule has 1 N–H and O–H groups in total. The van der Waals surface area contributed by atoms with Crippen LogP contribution in [0.4, 0.5) is 4.79 Å². The van der Waals surface area contributed by atoms with Crippen LogP contribution in [0.25, 0.3) is 0 Å². The van der Waals surface area contributed by atoms with Crippen LogP contribution in [0.2, 0.25) is 0 Å². The molecule has 0 bridgehead atoms. The number of ether oxygens (including phenoxy) is 1. The molecule has 3 nitrogen and oxygen atoms in total. The summed E-state index contributed by atoms with van der Waals surface area (Å²) in [6.45, 7) is 0. The fraction of sp³-hybridized carbons (Fsp3) is 0.800. The van der Waals surface area contributed by atoms with Gasteiger partial charge in [0.15, 0.2) is 3.79 Å². The summed E-state index contributed by atoms with van der Waals surface area (Å²) in [4.78, 5) is 9.05. The van der Waals surface area contributed by atoms with Crippen molar-refractivity contribution in [3.05, 3.63) is 0 Å². The van der Waals surface area contributed by atoms with Crippen molar-refractivity contribution in [2.75, 3.05) is 0 Å². The van der Waals surface area contributed by atoms with Gasteiger partial charge in [0.05, 0.1) is 0 Å². The Bertz CT molecular complexity index is 177. The highest BCUT2D eigenvalue weighted by atomic mass is 35.6. The predicted octanol–water partition coefficient (Wildman–Crippen LogP) is 3.61. The zero-order valence-electron chi connectivity index (χ0n) is 6.02. The average molecular weight is 290 g/mol. The lowest BCUT2D eigenvalue weighted by Crippen LogP contribution is -2.28. The van der Waals surface area contributed by atoms with E-state index in [2.05, 4.69) is 4.74 Å². The molecule has 0 aromatic rings. The summed E-state index contributed by atoms with van der Waals surface area (Å²) in [7, 11) is 0. The third-order valence-electron chi connectivity index (χ3n) is 0.966. The van der Waals surface area contributed by atoms with Gasteiger partial charge in [0.25, 0.3) is 0 Å². The molecule has 0 rings (SSSR count). The fourth-order valence-electron chi connectivity index (χ4n) is 0.540. The minimum atomic E-state index is -1.65. The number of halogens is 5. The van der Waals surface area contributed by atoms with Gasteiger partial charge in [-0.25, -0.2) is 4.79 Å². The average Bonchev–Trinajstić information content (AvgIpc) is 1.81. The molecule has 1 unspecified atom stereocenters. The van der Waals surface area contributed by atoms with Crippen LogP contribution in [0.5, 0.6) is 0 Å². The Kier molecular flexibility index (Phi) is 5.87. The normalized spacial score (nSPS) is 14.3. The maximum atomic E-state index is 10.1.